The lowest BCUT2D eigenvalue weighted by molar-refractivity contribution is -0.314. The first-order valence-corrected chi connectivity index (χ1v) is 6.94. The second-order valence-electron chi connectivity index (χ2n) is 5.82. The van der Waals surface area contributed by atoms with Crippen LogP contribution in [-0.2, 0) is 9.59 Å². The Balaban J connectivity index is 1.81. The number of carboxylic acids is 1. The normalized spacial score (nSPS) is 30.4. The van der Waals surface area contributed by atoms with E-state index in [1.165, 1.54) is 0 Å². The molecule has 1 aromatic rings. The zero-order valence-corrected chi connectivity index (χ0v) is 11.1. The van der Waals surface area contributed by atoms with E-state index in [9.17, 15) is 23.5 Å². The molecule has 21 heavy (non-hydrogen) atoms. The van der Waals surface area contributed by atoms with Crippen molar-refractivity contribution < 1.29 is 23.5 Å². The highest BCUT2D eigenvalue weighted by molar-refractivity contribution is 5.95. The molecule has 0 saturated heterocycles. The first-order valence-electron chi connectivity index (χ1n) is 6.94. The van der Waals surface area contributed by atoms with E-state index in [0.717, 1.165) is 31.0 Å². The van der Waals surface area contributed by atoms with Crippen LogP contribution in [0.1, 0.15) is 19.3 Å². The molecule has 4 atom stereocenters. The number of fused-ring (bicyclic) bond motifs is 2. The van der Waals surface area contributed by atoms with Crippen molar-refractivity contribution in [1.29, 1.82) is 0 Å². The molecule has 2 bridgehead atoms. The molecule has 0 radical (unpaired) electrons. The van der Waals surface area contributed by atoms with E-state index >= 15 is 0 Å². The zero-order chi connectivity index (χ0) is 15.1. The van der Waals surface area contributed by atoms with Crippen molar-refractivity contribution in [3.05, 3.63) is 29.8 Å². The molecule has 0 unspecified atom stereocenters. The van der Waals surface area contributed by atoms with Crippen molar-refractivity contribution in [3.8, 4) is 0 Å². The van der Waals surface area contributed by atoms with Gasteiger partial charge in [0.2, 0.25) is 5.91 Å². The fourth-order valence-electron chi connectivity index (χ4n) is 3.82. The average Bonchev–Trinajstić information content (AvgIpc) is 3.03. The Morgan fingerprint density at radius 1 is 1.14 bits per heavy atom. The molecule has 0 spiro atoms. The molecule has 0 aromatic heterocycles. The highest BCUT2D eigenvalue weighted by Crippen LogP contribution is 2.52. The predicted molar refractivity (Wildman–Crippen MR) is 67.8 cm³/mol. The van der Waals surface area contributed by atoms with Gasteiger partial charge in [-0.15, -0.1) is 0 Å². The molecule has 4 nitrogen and oxygen atoms in total. The molecule has 0 aliphatic heterocycles. The van der Waals surface area contributed by atoms with Gasteiger partial charge in [0.25, 0.3) is 0 Å². The van der Waals surface area contributed by atoms with Crippen LogP contribution in [0.3, 0.4) is 0 Å². The maximum atomic E-state index is 13.6. The largest absolute Gasteiger partial charge is 0.550 e. The number of hydrogen-bond acceptors (Lipinski definition) is 3. The number of halogens is 2. The summed E-state index contributed by atoms with van der Waals surface area (Å²) in [4.78, 5) is 23.5. The third-order valence-electron chi connectivity index (χ3n) is 4.68. The highest BCUT2D eigenvalue weighted by atomic mass is 19.1. The van der Waals surface area contributed by atoms with E-state index in [1.807, 2.05) is 0 Å². The molecule has 2 aliphatic carbocycles. The van der Waals surface area contributed by atoms with Crippen molar-refractivity contribution in [3.63, 3.8) is 0 Å². The summed E-state index contributed by atoms with van der Waals surface area (Å²) in [6.45, 7) is 0. The monoisotopic (exact) mass is 294 g/mol. The summed E-state index contributed by atoms with van der Waals surface area (Å²) in [6.07, 6.45) is 2.25. The van der Waals surface area contributed by atoms with Crippen LogP contribution < -0.4 is 10.4 Å². The SMILES string of the molecule is O=C(Nc1cc(F)ccc1F)[C@@H]1[C@@H]2CC[C@@H](C2)[C@@H]1C(=O)[O-]. The van der Waals surface area contributed by atoms with Crippen LogP contribution in [0.5, 0.6) is 0 Å². The minimum absolute atomic E-state index is 0.0190. The van der Waals surface area contributed by atoms with Gasteiger partial charge in [-0.05, 0) is 43.2 Å². The van der Waals surface area contributed by atoms with Gasteiger partial charge in [0.05, 0.1) is 5.69 Å². The molecular weight excluding hydrogens is 280 g/mol. The highest BCUT2D eigenvalue weighted by Gasteiger charge is 2.51. The molecule has 112 valence electrons. The standard InChI is InChI=1S/C15H15F2NO3/c16-9-3-4-10(17)11(6-9)18-14(19)12-7-1-2-8(5-7)13(12)15(20)21/h3-4,6-8,12-13H,1-2,5H2,(H,18,19)(H,20,21)/p-1/t7-,8+,12-,13+/m1/s1. The number of carbonyl (C=O) groups excluding carboxylic acids is 2. The number of carbonyl (C=O) groups is 2. The van der Waals surface area contributed by atoms with Gasteiger partial charge in [0.15, 0.2) is 0 Å². The summed E-state index contributed by atoms with van der Waals surface area (Å²) in [7, 11) is 0. The van der Waals surface area contributed by atoms with Crippen LogP contribution in [0.25, 0.3) is 0 Å². The van der Waals surface area contributed by atoms with E-state index in [0.29, 0.717) is 6.42 Å². The predicted octanol–water partition coefficient (Wildman–Crippen LogP) is 1.32. The number of anilines is 1. The van der Waals surface area contributed by atoms with Crippen LogP contribution in [0.15, 0.2) is 18.2 Å². The van der Waals surface area contributed by atoms with Crippen LogP contribution in [-0.4, -0.2) is 11.9 Å². The van der Waals surface area contributed by atoms with E-state index in [4.69, 9.17) is 0 Å². The van der Waals surface area contributed by atoms with Crippen LogP contribution in [0.4, 0.5) is 14.5 Å². The number of carboxylic acid groups (broad SMARTS) is 1. The fraction of sp³-hybridized carbons (Fsp3) is 0.467. The molecule has 3 rings (SSSR count). The molecule has 1 N–H and O–H groups in total. The molecule has 1 amide bonds. The van der Waals surface area contributed by atoms with Gasteiger partial charge in [0.1, 0.15) is 11.6 Å². The quantitative estimate of drug-likeness (QED) is 0.914. The lowest BCUT2D eigenvalue weighted by atomic mass is 9.78. The van der Waals surface area contributed by atoms with E-state index in [1.54, 1.807) is 0 Å². The zero-order valence-electron chi connectivity index (χ0n) is 11.1. The summed E-state index contributed by atoms with van der Waals surface area (Å²) in [5, 5.41) is 13.6. The van der Waals surface area contributed by atoms with Gasteiger partial charge in [-0.25, -0.2) is 8.78 Å². The summed E-state index contributed by atoms with van der Waals surface area (Å²) in [6, 6.07) is 2.75. The van der Waals surface area contributed by atoms with Crippen molar-refractivity contribution >= 4 is 17.6 Å². The Morgan fingerprint density at radius 2 is 1.81 bits per heavy atom. The molecule has 6 heteroatoms. The lowest BCUT2D eigenvalue weighted by Gasteiger charge is -2.30. The summed E-state index contributed by atoms with van der Waals surface area (Å²) in [5.41, 5.74) is -0.264. The van der Waals surface area contributed by atoms with E-state index in [2.05, 4.69) is 5.32 Å². The van der Waals surface area contributed by atoms with Crippen LogP contribution in [0.2, 0.25) is 0 Å². The van der Waals surface area contributed by atoms with Gasteiger partial charge < -0.3 is 15.2 Å². The van der Waals surface area contributed by atoms with Crippen LogP contribution >= 0.6 is 0 Å². The third-order valence-corrected chi connectivity index (χ3v) is 4.68. The maximum absolute atomic E-state index is 13.6. The Labute approximate surface area is 120 Å². The van der Waals surface area contributed by atoms with Gasteiger partial charge in [0, 0.05) is 23.9 Å². The smallest absolute Gasteiger partial charge is 0.228 e. The number of nitrogens with one attached hydrogen (secondary N) is 1. The average molecular weight is 294 g/mol. The van der Waals surface area contributed by atoms with Gasteiger partial charge >= 0.3 is 0 Å². The van der Waals surface area contributed by atoms with Crippen molar-refractivity contribution in [2.24, 2.45) is 23.7 Å². The van der Waals surface area contributed by atoms with Crippen molar-refractivity contribution in [1.82, 2.24) is 0 Å². The summed E-state index contributed by atoms with van der Waals surface area (Å²) >= 11 is 0. The molecule has 2 aliphatic rings. The first-order chi connectivity index (χ1) is 9.97. The molecule has 2 fully saturated rings. The lowest BCUT2D eigenvalue weighted by Crippen LogP contribution is -2.44. The third kappa shape index (κ3) is 2.39. The Morgan fingerprint density at radius 3 is 2.48 bits per heavy atom. The molecule has 1 aromatic carbocycles. The first kappa shape index (κ1) is 14.0. The minimum atomic E-state index is -1.23. The Kier molecular flexibility index (Phi) is 3.39. The fourth-order valence-corrected chi connectivity index (χ4v) is 3.82. The number of amides is 1. The van der Waals surface area contributed by atoms with Gasteiger partial charge in [-0.3, -0.25) is 4.79 Å². The number of aliphatic carboxylic acids is 1. The topological polar surface area (TPSA) is 69.2 Å². The van der Waals surface area contributed by atoms with Crippen LogP contribution in [0, 0.1) is 35.3 Å². The van der Waals surface area contributed by atoms with Gasteiger partial charge in [-0.2, -0.15) is 0 Å². The molecule has 2 saturated carbocycles. The molecular formula is C15H14F2NO3-. The van der Waals surface area contributed by atoms with Crippen molar-refractivity contribution in [2.75, 3.05) is 5.32 Å². The number of rotatable bonds is 3. The minimum Gasteiger partial charge on any atom is -0.550 e. The Bertz CT molecular complexity index is 605. The molecule has 0 heterocycles. The number of hydrogen-bond donors (Lipinski definition) is 1. The maximum Gasteiger partial charge on any atom is 0.228 e. The summed E-state index contributed by atoms with van der Waals surface area (Å²) in [5.74, 6) is -4.85. The second kappa shape index (κ2) is 5.09. The summed E-state index contributed by atoms with van der Waals surface area (Å²) < 4.78 is 26.7. The van der Waals surface area contributed by atoms with E-state index in [-0.39, 0.29) is 17.5 Å². The van der Waals surface area contributed by atoms with Gasteiger partial charge in [-0.1, -0.05) is 0 Å². The van der Waals surface area contributed by atoms with Crippen molar-refractivity contribution in [2.45, 2.75) is 19.3 Å². The Hall–Kier alpha value is -1.98. The van der Waals surface area contributed by atoms with E-state index < -0.39 is 35.3 Å². The number of benzene rings is 1. The second-order valence-corrected chi connectivity index (χ2v) is 5.82.